The van der Waals surface area contributed by atoms with Crippen molar-refractivity contribution in [3.63, 3.8) is 0 Å². The lowest BCUT2D eigenvalue weighted by Crippen LogP contribution is -2.29. The highest BCUT2D eigenvalue weighted by Crippen LogP contribution is 2.14. The Bertz CT molecular complexity index is 602. The Morgan fingerprint density at radius 1 is 1.33 bits per heavy atom. The van der Waals surface area contributed by atoms with E-state index in [0.717, 1.165) is 11.4 Å². The van der Waals surface area contributed by atoms with Crippen LogP contribution >= 0.6 is 0 Å². The molecule has 1 heterocycles. The molecule has 1 aromatic carbocycles. The van der Waals surface area contributed by atoms with Gasteiger partial charge in [-0.15, -0.1) is 0 Å². The lowest BCUT2D eigenvalue weighted by molar-refractivity contribution is 0.0947. The number of pyridine rings is 1. The molecule has 6 nitrogen and oxygen atoms in total. The highest BCUT2D eigenvalue weighted by molar-refractivity contribution is 5.99. The summed E-state index contributed by atoms with van der Waals surface area (Å²) in [5.41, 5.74) is 4.24. The fraction of sp³-hybridized carbons (Fsp3) is 0.200. The molecule has 0 spiro atoms. The maximum atomic E-state index is 12.0. The van der Waals surface area contributed by atoms with Gasteiger partial charge in [0.25, 0.3) is 5.91 Å². The Balaban J connectivity index is 1.85. The first kappa shape index (κ1) is 14.8. The summed E-state index contributed by atoms with van der Waals surface area (Å²) in [6.07, 6.45) is 1.50. The van der Waals surface area contributed by atoms with Crippen LogP contribution in [0, 0.1) is 6.92 Å². The molecule has 0 bridgehead atoms. The third-order valence-corrected chi connectivity index (χ3v) is 2.84. The standard InChI is InChI=1S/C15H18N4O2/c1-11-9-14(19-16)13(10-18-11)15(20)17-7-8-21-12-5-3-2-4-6-12/h2-6,9-10H,7-8,16H2,1H3,(H,17,20)(H,18,19). The zero-order valence-corrected chi connectivity index (χ0v) is 11.8. The first-order valence-electron chi connectivity index (χ1n) is 6.60. The highest BCUT2D eigenvalue weighted by Gasteiger charge is 2.11. The number of nitrogens with one attached hydrogen (secondary N) is 2. The van der Waals surface area contributed by atoms with E-state index in [4.69, 9.17) is 10.6 Å². The Morgan fingerprint density at radius 3 is 2.81 bits per heavy atom. The normalized spacial score (nSPS) is 10.0. The Kier molecular flexibility index (Phi) is 5.11. The van der Waals surface area contributed by atoms with E-state index in [2.05, 4.69) is 15.7 Å². The number of benzene rings is 1. The number of hydrogen-bond donors (Lipinski definition) is 3. The number of nitrogen functional groups attached to an aromatic ring is 1. The minimum atomic E-state index is -0.243. The molecule has 21 heavy (non-hydrogen) atoms. The predicted octanol–water partition coefficient (Wildman–Crippen LogP) is 1.48. The summed E-state index contributed by atoms with van der Waals surface area (Å²) in [7, 11) is 0. The highest BCUT2D eigenvalue weighted by atomic mass is 16.5. The van der Waals surface area contributed by atoms with Gasteiger partial charge in [-0.25, -0.2) is 0 Å². The van der Waals surface area contributed by atoms with E-state index in [9.17, 15) is 4.79 Å². The van der Waals surface area contributed by atoms with Gasteiger partial charge in [0.05, 0.1) is 17.8 Å². The van der Waals surface area contributed by atoms with Crippen LogP contribution in [0.1, 0.15) is 16.1 Å². The van der Waals surface area contributed by atoms with Crippen molar-refractivity contribution in [2.24, 2.45) is 5.84 Å². The van der Waals surface area contributed by atoms with Crippen LogP contribution < -0.4 is 21.3 Å². The maximum Gasteiger partial charge on any atom is 0.255 e. The van der Waals surface area contributed by atoms with Gasteiger partial charge < -0.3 is 15.5 Å². The van der Waals surface area contributed by atoms with Crippen molar-refractivity contribution in [2.45, 2.75) is 6.92 Å². The number of ether oxygens (including phenoxy) is 1. The summed E-state index contributed by atoms with van der Waals surface area (Å²) in [5, 5.41) is 2.76. The Labute approximate surface area is 123 Å². The smallest absolute Gasteiger partial charge is 0.255 e. The quantitative estimate of drug-likeness (QED) is 0.425. The summed E-state index contributed by atoms with van der Waals surface area (Å²) >= 11 is 0. The molecule has 0 aliphatic rings. The number of aromatic nitrogens is 1. The number of carbonyl (C=O) groups excluding carboxylic acids is 1. The molecule has 2 aromatic rings. The number of aryl methyl sites for hydroxylation is 1. The van der Waals surface area contributed by atoms with Crippen molar-refractivity contribution in [1.82, 2.24) is 10.3 Å². The fourth-order valence-electron chi connectivity index (χ4n) is 1.81. The number of anilines is 1. The topological polar surface area (TPSA) is 89.3 Å². The van der Waals surface area contributed by atoms with Gasteiger partial charge in [0.1, 0.15) is 12.4 Å². The Morgan fingerprint density at radius 2 is 2.10 bits per heavy atom. The van der Waals surface area contributed by atoms with Crippen molar-refractivity contribution in [3.8, 4) is 5.75 Å². The average molecular weight is 286 g/mol. The van der Waals surface area contributed by atoms with E-state index in [1.165, 1.54) is 6.20 Å². The average Bonchev–Trinajstić information content (AvgIpc) is 2.52. The van der Waals surface area contributed by atoms with Crippen LogP contribution in [-0.4, -0.2) is 24.0 Å². The molecule has 6 heteroatoms. The molecule has 0 saturated heterocycles. The number of hydrogen-bond acceptors (Lipinski definition) is 5. The van der Waals surface area contributed by atoms with Crippen molar-refractivity contribution >= 4 is 11.6 Å². The summed E-state index contributed by atoms with van der Waals surface area (Å²) in [6, 6.07) is 11.1. The van der Waals surface area contributed by atoms with E-state index in [1.54, 1.807) is 6.07 Å². The Hall–Kier alpha value is -2.60. The number of nitrogens with two attached hydrogens (primary N) is 1. The minimum Gasteiger partial charge on any atom is -0.492 e. The first-order chi connectivity index (χ1) is 10.2. The van der Waals surface area contributed by atoms with Gasteiger partial charge in [-0.3, -0.25) is 15.6 Å². The van der Waals surface area contributed by atoms with E-state index < -0.39 is 0 Å². The van der Waals surface area contributed by atoms with Crippen LogP contribution in [0.4, 0.5) is 5.69 Å². The largest absolute Gasteiger partial charge is 0.492 e. The molecule has 0 unspecified atom stereocenters. The van der Waals surface area contributed by atoms with Gasteiger partial charge in [-0.2, -0.15) is 0 Å². The summed E-state index contributed by atoms with van der Waals surface area (Å²) < 4.78 is 5.50. The van der Waals surface area contributed by atoms with Crippen molar-refractivity contribution in [1.29, 1.82) is 0 Å². The molecule has 1 aromatic heterocycles. The minimum absolute atomic E-state index is 0.243. The lowest BCUT2D eigenvalue weighted by atomic mass is 10.2. The molecule has 0 saturated carbocycles. The number of carbonyl (C=O) groups is 1. The van der Waals surface area contributed by atoms with Crippen LogP contribution in [0.2, 0.25) is 0 Å². The molecule has 0 aliphatic heterocycles. The zero-order valence-electron chi connectivity index (χ0n) is 11.8. The van der Waals surface area contributed by atoms with Crippen molar-refractivity contribution < 1.29 is 9.53 Å². The second-order valence-electron chi connectivity index (χ2n) is 4.43. The summed E-state index contributed by atoms with van der Waals surface area (Å²) in [6.45, 7) is 2.61. The monoisotopic (exact) mass is 286 g/mol. The lowest BCUT2D eigenvalue weighted by Gasteiger charge is -2.10. The van der Waals surface area contributed by atoms with Crippen LogP contribution in [-0.2, 0) is 0 Å². The molecule has 0 fully saturated rings. The molecule has 4 N–H and O–H groups in total. The number of amides is 1. The summed E-state index contributed by atoms with van der Waals surface area (Å²) in [5.74, 6) is 5.93. The van der Waals surface area contributed by atoms with Gasteiger partial charge in [0, 0.05) is 11.9 Å². The van der Waals surface area contributed by atoms with Crippen molar-refractivity contribution in [3.05, 3.63) is 53.9 Å². The van der Waals surface area contributed by atoms with Gasteiger partial charge in [-0.05, 0) is 25.1 Å². The van der Waals surface area contributed by atoms with E-state index in [1.807, 2.05) is 37.3 Å². The van der Waals surface area contributed by atoms with Gasteiger partial charge in [0.2, 0.25) is 0 Å². The van der Waals surface area contributed by atoms with Gasteiger partial charge in [0.15, 0.2) is 0 Å². The van der Waals surface area contributed by atoms with Gasteiger partial charge in [-0.1, -0.05) is 18.2 Å². The SMILES string of the molecule is Cc1cc(NN)c(C(=O)NCCOc2ccccc2)cn1. The zero-order chi connectivity index (χ0) is 15.1. The molecule has 0 atom stereocenters. The number of hydrazine groups is 1. The molecular formula is C15H18N4O2. The maximum absolute atomic E-state index is 12.0. The second kappa shape index (κ2) is 7.25. The van der Waals surface area contributed by atoms with Crippen LogP contribution in [0.15, 0.2) is 42.6 Å². The molecule has 2 rings (SSSR count). The van der Waals surface area contributed by atoms with E-state index in [-0.39, 0.29) is 5.91 Å². The number of rotatable bonds is 6. The summed E-state index contributed by atoms with van der Waals surface area (Å²) in [4.78, 5) is 16.1. The number of nitrogens with zero attached hydrogens (tertiary/aromatic N) is 1. The second-order valence-corrected chi connectivity index (χ2v) is 4.43. The molecule has 1 amide bonds. The molecule has 0 aliphatic carbocycles. The predicted molar refractivity (Wildman–Crippen MR) is 81.1 cm³/mol. The number of para-hydroxylation sites is 1. The third-order valence-electron chi connectivity index (χ3n) is 2.84. The first-order valence-corrected chi connectivity index (χ1v) is 6.60. The van der Waals surface area contributed by atoms with Crippen LogP contribution in [0.5, 0.6) is 5.75 Å². The molecular weight excluding hydrogens is 268 g/mol. The van der Waals surface area contributed by atoms with Crippen molar-refractivity contribution in [2.75, 3.05) is 18.6 Å². The third kappa shape index (κ3) is 4.19. The van der Waals surface area contributed by atoms with Crippen LogP contribution in [0.3, 0.4) is 0 Å². The molecule has 110 valence electrons. The molecule has 0 radical (unpaired) electrons. The van der Waals surface area contributed by atoms with E-state index >= 15 is 0 Å². The van der Waals surface area contributed by atoms with Crippen LogP contribution in [0.25, 0.3) is 0 Å². The van der Waals surface area contributed by atoms with Gasteiger partial charge >= 0.3 is 0 Å². The van der Waals surface area contributed by atoms with E-state index in [0.29, 0.717) is 24.4 Å². The fourth-order valence-corrected chi connectivity index (χ4v) is 1.81.